The van der Waals surface area contributed by atoms with Gasteiger partial charge in [-0.05, 0) is 31.5 Å². The highest BCUT2D eigenvalue weighted by molar-refractivity contribution is 6.04. The number of amides is 1. The lowest BCUT2D eigenvalue weighted by Gasteiger charge is -2.32. The maximum Gasteiger partial charge on any atom is 0.338 e. The first-order valence-electron chi connectivity index (χ1n) is 10.3. The Morgan fingerprint density at radius 1 is 1.24 bits per heavy atom. The van der Waals surface area contributed by atoms with Gasteiger partial charge in [0, 0.05) is 19.1 Å². The molecular weight excluding hydrogens is 438 g/mol. The first-order chi connectivity index (χ1) is 15.7. The van der Waals surface area contributed by atoms with Gasteiger partial charge in [0.15, 0.2) is 11.4 Å². The Hall–Kier alpha value is -3.76. The van der Waals surface area contributed by atoms with Crippen molar-refractivity contribution in [2.45, 2.75) is 26.4 Å². The smallest absolute Gasteiger partial charge is 0.338 e. The standard InChI is InChI=1S/C22H22F2N4O5/c1-5-26-9-11(2)28-16-15(18(32-3)17(28)21(26)30)20(29)27(25-19(16)24)10-12-6-7-13(23)8-14(12)22(31)33-4/h6-8,11H,5,9-10H2,1-4H3/t11-/m0/s1. The number of likely N-dealkylation sites (N-methyl/N-ethyl adjacent to an activating group) is 1. The van der Waals surface area contributed by atoms with Gasteiger partial charge >= 0.3 is 5.97 Å². The van der Waals surface area contributed by atoms with Crippen molar-refractivity contribution in [3.8, 4) is 5.75 Å². The number of hydrogen-bond acceptors (Lipinski definition) is 6. The van der Waals surface area contributed by atoms with Crippen LogP contribution in [0.1, 0.15) is 46.3 Å². The third-order valence-corrected chi connectivity index (χ3v) is 5.81. The summed E-state index contributed by atoms with van der Waals surface area (Å²) in [6.45, 7) is 4.09. The Bertz CT molecular complexity index is 1350. The first-order valence-corrected chi connectivity index (χ1v) is 10.3. The number of carbonyl (C=O) groups is 2. The van der Waals surface area contributed by atoms with Gasteiger partial charge in [-0.2, -0.15) is 4.39 Å². The van der Waals surface area contributed by atoms with Gasteiger partial charge in [0.2, 0.25) is 0 Å². The van der Waals surface area contributed by atoms with Crippen molar-refractivity contribution < 1.29 is 27.8 Å². The number of benzene rings is 1. The predicted octanol–water partition coefficient (Wildman–Crippen LogP) is 2.36. The SMILES string of the molecule is CCN1C[C@H](C)n2c(c(OC)c3c(=O)n(Cc4ccc(F)cc4C(=O)OC)nc(F)c32)C1=O. The third kappa shape index (κ3) is 3.43. The quantitative estimate of drug-likeness (QED) is 0.543. The van der Waals surface area contributed by atoms with E-state index in [-0.39, 0.29) is 52.0 Å². The highest BCUT2D eigenvalue weighted by Crippen LogP contribution is 2.38. The van der Waals surface area contributed by atoms with Crippen LogP contribution in [0.25, 0.3) is 10.9 Å². The van der Waals surface area contributed by atoms with Crippen LogP contribution in [-0.2, 0) is 11.3 Å². The number of hydrogen-bond donors (Lipinski definition) is 0. The fraction of sp³-hybridized carbons (Fsp3) is 0.364. The summed E-state index contributed by atoms with van der Waals surface area (Å²) in [6, 6.07) is 3.06. The lowest BCUT2D eigenvalue weighted by atomic mass is 10.1. The molecule has 1 atom stereocenters. The summed E-state index contributed by atoms with van der Waals surface area (Å²) < 4.78 is 41.4. The molecule has 174 valence electrons. The fourth-order valence-corrected chi connectivity index (χ4v) is 4.30. The molecule has 1 aliphatic heterocycles. The second-order valence-corrected chi connectivity index (χ2v) is 7.71. The Balaban J connectivity index is 1.95. The van der Waals surface area contributed by atoms with E-state index in [0.29, 0.717) is 13.1 Å². The number of esters is 1. The molecule has 9 nitrogen and oxygen atoms in total. The maximum atomic E-state index is 15.3. The van der Waals surface area contributed by atoms with Crippen molar-refractivity contribution in [3.63, 3.8) is 0 Å². The van der Waals surface area contributed by atoms with Crippen molar-refractivity contribution >= 4 is 22.8 Å². The molecule has 3 aromatic rings. The molecule has 11 heteroatoms. The molecule has 0 N–H and O–H groups in total. The van der Waals surface area contributed by atoms with Gasteiger partial charge in [-0.1, -0.05) is 6.07 Å². The van der Waals surface area contributed by atoms with Crippen LogP contribution in [0.15, 0.2) is 23.0 Å². The molecule has 0 saturated carbocycles. The number of methoxy groups -OCH3 is 2. The molecule has 0 fully saturated rings. The zero-order valence-electron chi connectivity index (χ0n) is 18.5. The van der Waals surface area contributed by atoms with Gasteiger partial charge in [0.05, 0.1) is 26.3 Å². The highest BCUT2D eigenvalue weighted by Gasteiger charge is 2.37. The van der Waals surface area contributed by atoms with E-state index in [1.807, 2.05) is 13.8 Å². The van der Waals surface area contributed by atoms with E-state index in [1.54, 1.807) is 4.90 Å². The molecule has 2 aromatic heterocycles. The van der Waals surface area contributed by atoms with E-state index < -0.39 is 23.3 Å². The van der Waals surface area contributed by atoms with Gasteiger partial charge in [0.1, 0.15) is 16.7 Å². The molecule has 0 saturated heterocycles. The molecule has 0 radical (unpaired) electrons. The summed E-state index contributed by atoms with van der Waals surface area (Å²) in [6.07, 6.45) is 0. The maximum absolute atomic E-state index is 15.3. The van der Waals surface area contributed by atoms with E-state index in [9.17, 15) is 18.8 Å². The summed E-state index contributed by atoms with van der Waals surface area (Å²) in [5.74, 6) is -2.86. The van der Waals surface area contributed by atoms with Crippen LogP contribution in [0.2, 0.25) is 0 Å². The lowest BCUT2D eigenvalue weighted by Crippen LogP contribution is -2.42. The van der Waals surface area contributed by atoms with Crippen molar-refractivity contribution in [1.82, 2.24) is 19.2 Å². The molecule has 3 heterocycles. The van der Waals surface area contributed by atoms with Gasteiger partial charge < -0.3 is 18.9 Å². The lowest BCUT2D eigenvalue weighted by molar-refractivity contribution is 0.0598. The highest BCUT2D eigenvalue weighted by atomic mass is 19.1. The molecule has 1 amide bonds. The second-order valence-electron chi connectivity index (χ2n) is 7.71. The van der Waals surface area contributed by atoms with Crippen molar-refractivity contribution in [1.29, 1.82) is 0 Å². The monoisotopic (exact) mass is 460 g/mol. The fourth-order valence-electron chi connectivity index (χ4n) is 4.30. The van der Waals surface area contributed by atoms with Crippen LogP contribution >= 0.6 is 0 Å². The number of rotatable bonds is 5. The minimum absolute atomic E-state index is 0.0349. The van der Waals surface area contributed by atoms with Gasteiger partial charge in [-0.3, -0.25) is 9.59 Å². The van der Waals surface area contributed by atoms with E-state index in [2.05, 4.69) is 9.84 Å². The predicted molar refractivity (Wildman–Crippen MR) is 114 cm³/mol. The minimum Gasteiger partial charge on any atom is -0.493 e. The number of ether oxygens (including phenoxy) is 2. The molecule has 0 unspecified atom stereocenters. The van der Waals surface area contributed by atoms with Crippen LogP contribution in [0, 0.1) is 11.8 Å². The van der Waals surface area contributed by atoms with Crippen LogP contribution in [0.4, 0.5) is 8.78 Å². The molecule has 4 rings (SSSR count). The third-order valence-electron chi connectivity index (χ3n) is 5.81. The largest absolute Gasteiger partial charge is 0.493 e. The summed E-state index contributed by atoms with van der Waals surface area (Å²) in [7, 11) is 2.44. The Morgan fingerprint density at radius 2 is 1.97 bits per heavy atom. The topological polar surface area (TPSA) is 95.7 Å². The summed E-state index contributed by atoms with van der Waals surface area (Å²) >= 11 is 0. The normalized spacial score (nSPS) is 15.6. The Kier molecular flexibility index (Phi) is 5.64. The summed E-state index contributed by atoms with van der Waals surface area (Å²) in [5.41, 5.74) is -0.653. The van der Waals surface area contributed by atoms with Gasteiger partial charge in [-0.15, -0.1) is 5.10 Å². The van der Waals surface area contributed by atoms with E-state index in [0.717, 1.165) is 23.9 Å². The first kappa shape index (κ1) is 22.4. The zero-order valence-corrected chi connectivity index (χ0v) is 18.5. The van der Waals surface area contributed by atoms with Crippen molar-refractivity contribution in [3.05, 3.63) is 57.1 Å². The number of carbonyl (C=O) groups excluding carboxylic acids is 2. The number of halogens is 2. The molecule has 0 aliphatic carbocycles. The van der Waals surface area contributed by atoms with Crippen LogP contribution in [0.5, 0.6) is 5.75 Å². The van der Waals surface area contributed by atoms with E-state index in [1.165, 1.54) is 17.7 Å². The molecule has 0 bridgehead atoms. The van der Waals surface area contributed by atoms with E-state index in [4.69, 9.17) is 4.74 Å². The molecule has 33 heavy (non-hydrogen) atoms. The second kappa shape index (κ2) is 8.30. The average molecular weight is 460 g/mol. The molecule has 1 aromatic carbocycles. The average Bonchev–Trinajstić information content (AvgIpc) is 3.17. The Morgan fingerprint density at radius 3 is 2.61 bits per heavy atom. The van der Waals surface area contributed by atoms with Crippen molar-refractivity contribution in [2.24, 2.45) is 0 Å². The summed E-state index contributed by atoms with van der Waals surface area (Å²) in [5, 5.41) is 3.66. The Labute approximate surface area is 187 Å². The van der Waals surface area contributed by atoms with Crippen LogP contribution in [-0.4, -0.2) is 58.4 Å². The van der Waals surface area contributed by atoms with E-state index >= 15 is 4.39 Å². The van der Waals surface area contributed by atoms with Crippen LogP contribution in [0.3, 0.4) is 0 Å². The van der Waals surface area contributed by atoms with Gasteiger partial charge in [0.25, 0.3) is 17.4 Å². The molecule has 1 aliphatic rings. The van der Waals surface area contributed by atoms with Crippen LogP contribution < -0.4 is 10.3 Å². The minimum atomic E-state index is -0.972. The number of fused-ring (bicyclic) bond motifs is 3. The number of aromatic nitrogens is 3. The molecule has 0 spiro atoms. The van der Waals surface area contributed by atoms with Crippen molar-refractivity contribution in [2.75, 3.05) is 27.3 Å². The summed E-state index contributed by atoms with van der Waals surface area (Å²) in [4.78, 5) is 40.1. The number of nitrogens with zero attached hydrogens (tertiary/aromatic N) is 4. The zero-order chi connectivity index (χ0) is 24.0. The molecular formula is C22H22F2N4O5. The van der Waals surface area contributed by atoms with Gasteiger partial charge in [-0.25, -0.2) is 13.9 Å².